The summed E-state index contributed by atoms with van der Waals surface area (Å²) in [7, 11) is 1.81. The normalized spacial score (nSPS) is 27.1. The summed E-state index contributed by atoms with van der Waals surface area (Å²) in [5.41, 5.74) is -1.50. The van der Waals surface area contributed by atoms with E-state index in [1.54, 1.807) is 14.0 Å². The lowest BCUT2D eigenvalue weighted by Gasteiger charge is -2.33. The number of nitrogens with one attached hydrogen (secondary N) is 1. The fourth-order valence-electron chi connectivity index (χ4n) is 1.87. The molecule has 110 valence electrons. The van der Waals surface area contributed by atoms with Crippen LogP contribution in [0, 0.1) is 5.41 Å². The van der Waals surface area contributed by atoms with Gasteiger partial charge in [-0.15, -0.1) is 0 Å². The highest BCUT2D eigenvalue weighted by molar-refractivity contribution is 5.77. The van der Waals surface area contributed by atoms with Gasteiger partial charge in [-0.3, -0.25) is 4.79 Å². The van der Waals surface area contributed by atoms with Crippen LogP contribution in [0.1, 0.15) is 34.1 Å². The summed E-state index contributed by atoms with van der Waals surface area (Å²) in [6.45, 7) is 7.51. The minimum absolute atomic E-state index is 0.00357. The lowest BCUT2D eigenvalue weighted by molar-refractivity contribution is -0.162. The molecule has 1 heterocycles. The fraction of sp³-hybridized carbons (Fsp3) is 0.846. The van der Waals surface area contributed by atoms with E-state index in [1.165, 1.54) is 0 Å². The van der Waals surface area contributed by atoms with E-state index in [9.17, 15) is 9.59 Å². The number of cyclic esters (lactones) is 2. The molecule has 6 nitrogen and oxygen atoms in total. The Labute approximate surface area is 113 Å². The van der Waals surface area contributed by atoms with Crippen molar-refractivity contribution in [2.75, 3.05) is 20.3 Å². The lowest BCUT2D eigenvalue weighted by Crippen LogP contribution is -2.47. The molecular weight excluding hydrogens is 250 g/mol. The van der Waals surface area contributed by atoms with Gasteiger partial charge in [-0.1, -0.05) is 6.92 Å². The Balaban J connectivity index is 2.61. The zero-order valence-corrected chi connectivity index (χ0v) is 12.2. The van der Waals surface area contributed by atoms with Crippen LogP contribution < -0.4 is 5.32 Å². The molecule has 0 aliphatic carbocycles. The van der Waals surface area contributed by atoms with Crippen LogP contribution in [0.4, 0.5) is 4.79 Å². The van der Waals surface area contributed by atoms with Crippen molar-refractivity contribution in [3.63, 3.8) is 0 Å². The molecule has 0 aromatic heterocycles. The number of hydrogen-bond acceptors (Lipinski definition) is 6. The van der Waals surface area contributed by atoms with Crippen molar-refractivity contribution in [3.05, 3.63) is 0 Å². The van der Waals surface area contributed by atoms with Gasteiger partial charge in [0.25, 0.3) is 0 Å². The summed E-state index contributed by atoms with van der Waals surface area (Å²) in [4.78, 5) is 23.1. The van der Waals surface area contributed by atoms with Gasteiger partial charge in [-0.25, -0.2) is 4.79 Å². The van der Waals surface area contributed by atoms with E-state index in [1.807, 2.05) is 20.8 Å². The maximum absolute atomic E-state index is 12.2. The predicted octanol–water partition coefficient (Wildman–Crippen LogP) is 1.48. The molecule has 0 aromatic carbocycles. The summed E-state index contributed by atoms with van der Waals surface area (Å²) in [5, 5.41) is 3.07. The summed E-state index contributed by atoms with van der Waals surface area (Å²) in [5.74, 6) is -0.305. The van der Waals surface area contributed by atoms with E-state index in [2.05, 4.69) is 5.32 Å². The van der Waals surface area contributed by atoms with E-state index in [-0.39, 0.29) is 25.2 Å². The fourth-order valence-corrected chi connectivity index (χ4v) is 1.87. The second-order valence-electron chi connectivity index (χ2n) is 5.45. The Morgan fingerprint density at radius 3 is 2.68 bits per heavy atom. The smallest absolute Gasteiger partial charge is 0.461 e. The minimum Gasteiger partial charge on any atom is -0.461 e. The first-order chi connectivity index (χ1) is 8.77. The number of carbonyl (C=O) groups excluding carboxylic acids is 2. The van der Waals surface area contributed by atoms with Crippen LogP contribution in [0.5, 0.6) is 0 Å². The van der Waals surface area contributed by atoms with Crippen LogP contribution in [-0.4, -0.2) is 44.0 Å². The molecule has 3 unspecified atom stereocenters. The monoisotopic (exact) mass is 273 g/mol. The predicted molar refractivity (Wildman–Crippen MR) is 68.7 cm³/mol. The first-order valence-corrected chi connectivity index (χ1v) is 6.47. The van der Waals surface area contributed by atoms with Gasteiger partial charge in [-0.2, -0.15) is 0 Å². The Hall–Kier alpha value is -1.30. The molecule has 0 saturated carbocycles. The van der Waals surface area contributed by atoms with Crippen molar-refractivity contribution < 1.29 is 23.8 Å². The molecule has 1 fully saturated rings. The molecule has 0 radical (unpaired) electrons. The van der Waals surface area contributed by atoms with Gasteiger partial charge in [0.2, 0.25) is 0 Å². The minimum atomic E-state index is -0.885. The molecule has 1 N–H and O–H groups in total. The van der Waals surface area contributed by atoms with E-state index < -0.39 is 17.2 Å². The molecule has 6 heteroatoms. The van der Waals surface area contributed by atoms with Gasteiger partial charge in [0, 0.05) is 6.04 Å². The first kappa shape index (κ1) is 15.8. The number of hydrogen-bond donors (Lipinski definition) is 1. The van der Waals surface area contributed by atoms with Crippen molar-refractivity contribution >= 4 is 12.1 Å². The highest BCUT2D eigenvalue weighted by atomic mass is 16.8. The molecule has 1 aliphatic heterocycles. The number of carbonyl (C=O) groups is 2. The summed E-state index contributed by atoms with van der Waals surface area (Å²) < 4.78 is 15.0. The largest absolute Gasteiger partial charge is 0.509 e. The second-order valence-corrected chi connectivity index (χ2v) is 5.45. The van der Waals surface area contributed by atoms with Crippen LogP contribution in [-0.2, 0) is 19.0 Å². The highest BCUT2D eigenvalue weighted by Crippen LogP contribution is 2.29. The summed E-state index contributed by atoms with van der Waals surface area (Å²) in [6, 6.07) is -0.0137. The zero-order chi connectivity index (χ0) is 14.7. The molecule has 1 rings (SSSR count). The van der Waals surface area contributed by atoms with Crippen molar-refractivity contribution in [1.82, 2.24) is 5.32 Å². The maximum Gasteiger partial charge on any atom is 0.509 e. The van der Waals surface area contributed by atoms with E-state index >= 15 is 0 Å². The molecule has 0 bridgehead atoms. The van der Waals surface area contributed by atoms with Crippen LogP contribution in [0.2, 0.25) is 0 Å². The Morgan fingerprint density at radius 2 is 2.26 bits per heavy atom. The van der Waals surface area contributed by atoms with Crippen molar-refractivity contribution in [1.29, 1.82) is 0 Å². The van der Waals surface area contributed by atoms with E-state index in [4.69, 9.17) is 14.2 Å². The zero-order valence-electron chi connectivity index (χ0n) is 12.2. The first-order valence-electron chi connectivity index (χ1n) is 6.47. The molecular formula is C13H23NO5. The third kappa shape index (κ3) is 3.37. The lowest BCUT2D eigenvalue weighted by atomic mass is 9.80. The van der Waals surface area contributed by atoms with Crippen molar-refractivity contribution in [2.24, 2.45) is 5.41 Å². The topological polar surface area (TPSA) is 73.9 Å². The number of rotatable bonds is 6. The van der Waals surface area contributed by atoms with Crippen LogP contribution in [0.15, 0.2) is 0 Å². The standard InChI is InChI=1S/C13H23NO5/c1-6-13(4,9(2)14-5)10(15)17-7-12(3)8-18-11(16)19-12/h9,14H,6-8H2,1-5H3. The third-order valence-corrected chi connectivity index (χ3v) is 3.92. The average molecular weight is 273 g/mol. The Bertz CT molecular complexity index is 359. The van der Waals surface area contributed by atoms with Gasteiger partial charge >= 0.3 is 12.1 Å². The maximum atomic E-state index is 12.2. The van der Waals surface area contributed by atoms with Gasteiger partial charge < -0.3 is 19.5 Å². The number of ether oxygens (including phenoxy) is 3. The summed E-state index contributed by atoms with van der Waals surface area (Å²) >= 11 is 0. The third-order valence-electron chi connectivity index (χ3n) is 3.92. The van der Waals surface area contributed by atoms with Gasteiger partial charge in [0.1, 0.15) is 13.2 Å². The van der Waals surface area contributed by atoms with Gasteiger partial charge in [0.05, 0.1) is 5.41 Å². The average Bonchev–Trinajstić information content (AvgIpc) is 2.74. The SMILES string of the molecule is CCC(C)(C(=O)OCC1(C)COC(=O)O1)C(C)NC. The van der Waals surface area contributed by atoms with Crippen LogP contribution >= 0.6 is 0 Å². The molecule has 19 heavy (non-hydrogen) atoms. The highest BCUT2D eigenvalue weighted by Gasteiger charge is 2.43. The van der Waals surface area contributed by atoms with Crippen LogP contribution in [0.25, 0.3) is 0 Å². The number of esters is 1. The van der Waals surface area contributed by atoms with Crippen LogP contribution in [0.3, 0.4) is 0 Å². The van der Waals surface area contributed by atoms with Crippen molar-refractivity contribution in [3.8, 4) is 0 Å². The van der Waals surface area contributed by atoms with Gasteiger partial charge in [0.15, 0.2) is 5.60 Å². The molecule has 3 atom stereocenters. The molecule has 0 spiro atoms. The van der Waals surface area contributed by atoms with E-state index in [0.717, 1.165) is 0 Å². The molecule has 0 amide bonds. The molecule has 1 saturated heterocycles. The molecule has 1 aliphatic rings. The van der Waals surface area contributed by atoms with Gasteiger partial charge in [-0.05, 0) is 34.2 Å². The quantitative estimate of drug-likeness (QED) is 0.739. The van der Waals surface area contributed by atoms with Crippen molar-refractivity contribution in [2.45, 2.75) is 45.8 Å². The second kappa shape index (κ2) is 5.77. The molecule has 0 aromatic rings. The Morgan fingerprint density at radius 1 is 1.63 bits per heavy atom. The Kier molecular flexibility index (Phi) is 4.79. The summed E-state index contributed by atoms with van der Waals surface area (Å²) in [6.07, 6.45) is -0.0682. The van der Waals surface area contributed by atoms with E-state index in [0.29, 0.717) is 6.42 Å².